The molecule has 9 heteroatoms. The predicted molar refractivity (Wildman–Crippen MR) is 73.9 cm³/mol. The summed E-state index contributed by atoms with van der Waals surface area (Å²) in [5, 5.41) is 0. The van der Waals surface area contributed by atoms with Crippen LogP contribution in [0.25, 0.3) is 0 Å². The lowest BCUT2D eigenvalue weighted by Gasteiger charge is -2.19. The van der Waals surface area contributed by atoms with E-state index in [2.05, 4.69) is 15.9 Å². The molecule has 0 saturated carbocycles. The van der Waals surface area contributed by atoms with Gasteiger partial charge < -0.3 is 10.6 Å². The minimum absolute atomic E-state index is 0.0320. The smallest absolute Gasteiger partial charge is 0.302 e. The van der Waals surface area contributed by atoms with Crippen LogP contribution in [-0.2, 0) is 15.0 Å². The van der Waals surface area contributed by atoms with E-state index in [0.717, 1.165) is 6.07 Å². The molecule has 1 aromatic carbocycles. The Hall–Kier alpha value is -1.22. The lowest BCUT2D eigenvalue weighted by Crippen LogP contribution is -2.26. The number of carbonyl (C=O) groups excluding carboxylic acids is 1. The van der Waals surface area contributed by atoms with E-state index in [1.165, 1.54) is 11.0 Å². The second-order valence-corrected chi connectivity index (χ2v) is 6.87. The van der Waals surface area contributed by atoms with Gasteiger partial charge in [-0.1, -0.05) is 0 Å². The summed E-state index contributed by atoms with van der Waals surface area (Å²) in [5.74, 6) is -2.29. The van der Waals surface area contributed by atoms with Gasteiger partial charge in [0.1, 0.15) is 5.82 Å². The normalized spacial score (nSPS) is 19.6. The number of carbonyl (C=O) groups is 1. The Labute approximate surface area is 123 Å². The summed E-state index contributed by atoms with van der Waals surface area (Å²) in [4.78, 5) is 13.1. The fraction of sp³-hybridized carbons (Fsp3) is 0.364. The lowest BCUT2D eigenvalue weighted by molar-refractivity contribution is -0.117. The molecule has 1 aliphatic heterocycles. The highest BCUT2D eigenvalue weighted by Gasteiger charge is 2.34. The van der Waals surface area contributed by atoms with Gasteiger partial charge in [-0.15, -0.1) is 3.89 Å². The fourth-order valence-corrected chi connectivity index (χ4v) is 3.31. The van der Waals surface area contributed by atoms with Gasteiger partial charge in [0.2, 0.25) is 5.91 Å². The van der Waals surface area contributed by atoms with Crippen molar-refractivity contribution in [1.82, 2.24) is 0 Å². The van der Waals surface area contributed by atoms with E-state index in [-0.39, 0.29) is 34.7 Å². The molecule has 5 nitrogen and oxygen atoms in total. The zero-order valence-electron chi connectivity index (χ0n) is 10.1. The molecule has 0 bridgehead atoms. The van der Waals surface area contributed by atoms with Gasteiger partial charge >= 0.3 is 10.2 Å². The van der Waals surface area contributed by atoms with Gasteiger partial charge in [0.05, 0.1) is 21.6 Å². The van der Waals surface area contributed by atoms with Gasteiger partial charge in [0, 0.05) is 24.9 Å². The summed E-state index contributed by atoms with van der Waals surface area (Å²) in [5.41, 5.74) is 6.00. The Morgan fingerprint density at radius 1 is 1.45 bits per heavy atom. The molecule has 1 saturated heterocycles. The van der Waals surface area contributed by atoms with Gasteiger partial charge in [0.15, 0.2) is 0 Å². The van der Waals surface area contributed by atoms with E-state index < -0.39 is 27.7 Å². The number of amides is 1. The predicted octanol–water partition coefficient (Wildman–Crippen LogP) is 1.82. The summed E-state index contributed by atoms with van der Waals surface area (Å²) in [6.45, 7) is 0.0320. The number of anilines is 2. The molecule has 0 radical (unpaired) electrons. The van der Waals surface area contributed by atoms with Crippen molar-refractivity contribution in [3.8, 4) is 0 Å². The number of halogens is 3. The highest BCUT2D eigenvalue weighted by atomic mass is 79.9. The molecule has 1 fully saturated rings. The lowest BCUT2D eigenvalue weighted by atomic mass is 10.1. The molecule has 1 amide bonds. The Morgan fingerprint density at radius 2 is 2.10 bits per heavy atom. The first-order valence-electron chi connectivity index (χ1n) is 5.64. The standard InChI is InChI=1S/C11H11BrF2N2O3S/c12-7-2-10(9(15)3-8(7)13)16-4-6(1-11(16)17)5-20(14,18)19/h2-3,6H,1,4-5,15H2. The molecule has 0 aliphatic carbocycles. The van der Waals surface area contributed by atoms with Crippen LogP contribution in [0.2, 0.25) is 0 Å². The molecule has 2 rings (SSSR count). The van der Waals surface area contributed by atoms with Gasteiger partial charge in [-0.25, -0.2) is 4.39 Å². The van der Waals surface area contributed by atoms with Crippen LogP contribution in [0.4, 0.5) is 19.7 Å². The first kappa shape index (κ1) is 15.2. The van der Waals surface area contributed by atoms with E-state index in [0.29, 0.717) is 0 Å². The van der Waals surface area contributed by atoms with E-state index in [9.17, 15) is 21.5 Å². The number of nitrogens with two attached hydrogens (primary N) is 1. The molecular weight excluding hydrogens is 358 g/mol. The Morgan fingerprint density at radius 3 is 2.70 bits per heavy atom. The van der Waals surface area contributed by atoms with Crippen LogP contribution >= 0.6 is 15.9 Å². The molecule has 0 aromatic heterocycles. The summed E-state index contributed by atoms with van der Waals surface area (Å²) >= 11 is 2.99. The maximum absolute atomic E-state index is 13.3. The average molecular weight is 369 g/mol. The van der Waals surface area contributed by atoms with Crippen LogP contribution in [0, 0.1) is 11.7 Å². The maximum atomic E-state index is 13.3. The van der Waals surface area contributed by atoms with Crippen LogP contribution in [0.5, 0.6) is 0 Å². The van der Waals surface area contributed by atoms with Crippen molar-refractivity contribution in [3.05, 3.63) is 22.4 Å². The second kappa shape index (κ2) is 5.28. The van der Waals surface area contributed by atoms with E-state index in [1.807, 2.05) is 0 Å². The number of nitrogen functional groups attached to an aromatic ring is 1. The van der Waals surface area contributed by atoms with Crippen molar-refractivity contribution in [2.45, 2.75) is 6.42 Å². The summed E-state index contributed by atoms with van der Waals surface area (Å²) in [7, 11) is -4.64. The third-order valence-electron chi connectivity index (χ3n) is 3.00. The van der Waals surface area contributed by atoms with E-state index in [1.54, 1.807) is 0 Å². The van der Waals surface area contributed by atoms with Crippen molar-refractivity contribution in [2.75, 3.05) is 22.9 Å². The molecule has 110 valence electrons. The van der Waals surface area contributed by atoms with Gasteiger partial charge in [-0.3, -0.25) is 4.79 Å². The number of benzene rings is 1. The van der Waals surface area contributed by atoms with Crippen molar-refractivity contribution in [1.29, 1.82) is 0 Å². The highest BCUT2D eigenvalue weighted by molar-refractivity contribution is 9.10. The highest BCUT2D eigenvalue weighted by Crippen LogP contribution is 2.34. The summed E-state index contributed by atoms with van der Waals surface area (Å²) < 4.78 is 47.3. The van der Waals surface area contributed by atoms with Gasteiger partial charge in [-0.05, 0) is 22.0 Å². The molecule has 2 N–H and O–H groups in total. The van der Waals surface area contributed by atoms with Crippen LogP contribution in [0.15, 0.2) is 16.6 Å². The molecule has 1 heterocycles. The van der Waals surface area contributed by atoms with Crippen LogP contribution < -0.4 is 10.6 Å². The SMILES string of the molecule is Nc1cc(F)c(Br)cc1N1CC(CS(=O)(=O)F)CC1=O. The largest absolute Gasteiger partial charge is 0.397 e. The molecule has 0 spiro atoms. The fourth-order valence-electron chi connectivity index (χ4n) is 2.19. The average Bonchev–Trinajstić information content (AvgIpc) is 2.62. The molecular formula is C11H11BrF2N2O3S. The number of rotatable bonds is 3. The number of hydrogen-bond donors (Lipinski definition) is 1. The Bertz CT molecular complexity index is 666. The van der Waals surface area contributed by atoms with Gasteiger partial charge in [-0.2, -0.15) is 8.42 Å². The maximum Gasteiger partial charge on any atom is 0.302 e. The van der Waals surface area contributed by atoms with E-state index >= 15 is 0 Å². The van der Waals surface area contributed by atoms with Crippen molar-refractivity contribution in [3.63, 3.8) is 0 Å². The van der Waals surface area contributed by atoms with Crippen molar-refractivity contribution >= 4 is 43.4 Å². The van der Waals surface area contributed by atoms with Gasteiger partial charge in [0.25, 0.3) is 0 Å². The van der Waals surface area contributed by atoms with Crippen LogP contribution in [0.3, 0.4) is 0 Å². The molecule has 1 aliphatic rings. The monoisotopic (exact) mass is 368 g/mol. The molecule has 1 atom stereocenters. The summed E-state index contributed by atoms with van der Waals surface area (Å²) in [6, 6.07) is 2.40. The second-order valence-electron chi connectivity index (χ2n) is 4.61. The molecule has 20 heavy (non-hydrogen) atoms. The zero-order valence-corrected chi connectivity index (χ0v) is 12.5. The van der Waals surface area contributed by atoms with E-state index in [4.69, 9.17) is 5.73 Å². The van der Waals surface area contributed by atoms with Crippen molar-refractivity contribution in [2.24, 2.45) is 5.92 Å². The number of hydrogen-bond acceptors (Lipinski definition) is 4. The number of nitrogens with zero attached hydrogens (tertiary/aromatic N) is 1. The Kier molecular flexibility index (Phi) is 4.01. The topological polar surface area (TPSA) is 80.5 Å². The first-order valence-corrected chi connectivity index (χ1v) is 7.99. The quantitative estimate of drug-likeness (QED) is 0.651. The Balaban J connectivity index is 2.26. The van der Waals surface area contributed by atoms with Crippen LogP contribution in [-0.4, -0.2) is 26.6 Å². The molecule has 1 aromatic rings. The third kappa shape index (κ3) is 3.26. The summed E-state index contributed by atoms with van der Waals surface area (Å²) in [6.07, 6.45) is -0.0857. The van der Waals surface area contributed by atoms with Crippen molar-refractivity contribution < 1.29 is 21.5 Å². The van der Waals surface area contributed by atoms with Crippen LogP contribution in [0.1, 0.15) is 6.42 Å². The minimum atomic E-state index is -4.64. The molecule has 1 unspecified atom stereocenters. The zero-order chi connectivity index (χ0) is 15.1. The minimum Gasteiger partial charge on any atom is -0.397 e. The third-order valence-corrected chi connectivity index (χ3v) is 4.48. The first-order chi connectivity index (χ1) is 9.17.